The molecule has 0 spiro atoms. The van der Waals surface area contributed by atoms with Crippen molar-refractivity contribution in [2.75, 3.05) is 51.5 Å². The van der Waals surface area contributed by atoms with Crippen LogP contribution >= 0.6 is 0 Å². The Morgan fingerprint density at radius 2 is 1.49 bits per heavy atom. The van der Waals surface area contributed by atoms with Gasteiger partial charge in [0.2, 0.25) is 11.8 Å². The molecule has 276 valence electrons. The van der Waals surface area contributed by atoms with E-state index >= 15 is 0 Å². The van der Waals surface area contributed by atoms with Gasteiger partial charge in [0.25, 0.3) is 11.2 Å². The number of anilines is 1. The molecule has 0 saturated carbocycles. The largest absolute Gasteiger partial charge is 0.444 e. The van der Waals surface area contributed by atoms with Gasteiger partial charge >= 0.3 is 6.09 Å². The molecule has 0 aliphatic rings. The van der Waals surface area contributed by atoms with Crippen LogP contribution in [0.3, 0.4) is 0 Å². The predicted octanol–water partition coefficient (Wildman–Crippen LogP) is 3.54. The summed E-state index contributed by atoms with van der Waals surface area (Å²) in [5.74, 6) is -0.700. The first-order valence-electron chi connectivity index (χ1n) is 16.3. The molecule has 0 bridgehead atoms. The number of ether oxygens (including phenoxy) is 4. The Kier molecular flexibility index (Phi) is 16.5. The summed E-state index contributed by atoms with van der Waals surface area (Å²) in [7, 11) is 0. The van der Waals surface area contributed by atoms with Gasteiger partial charge < -0.3 is 39.7 Å². The topological polar surface area (TPSA) is 199 Å². The van der Waals surface area contributed by atoms with Gasteiger partial charge in [-0.15, -0.1) is 4.73 Å². The number of hydrogen-bond acceptors (Lipinski definition) is 11. The maximum Gasteiger partial charge on any atom is 0.407 e. The van der Waals surface area contributed by atoms with Crippen molar-refractivity contribution < 1.29 is 43.1 Å². The number of nitro benzene ring substituents is 1. The number of carbonyl (C=O) groups excluding carboxylic acids is 3. The SMILES string of the molecule is CC(C)(C)OC(=O)NCCC(=O)NC(COCCOCCOCCC(=O)Nc1ccc([N+](=O)[O-])cc1)c1cccc(=O)n1OCc1ccccc1. The third kappa shape index (κ3) is 15.8. The molecule has 0 aliphatic heterocycles. The molecule has 1 unspecified atom stereocenters. The number of nitro groups is 1. The summed E-state index contributed by atoms with van der Waals surface area (Å²) in [5.41, 5.74) is 0.471. The van der Waals surface area contributed by atoms with Crippen LogP contribution in [0.1, 0.15) is 50.9 Å². The molecule has 16 nitrogen and oxygen atoms in total. The maximum absolute atomic E-state index is 12.9. The second kappa shape index (κ2) is 21.0. The number of non-ortho nitro benzene ring substituents is 1. The fraction of sp³-hybridized carbons (Fsp3) is 0.429. The molecule has 0 radical (unpaired) electrons. The minimum atomic E-state index is -0.788. The maximum atomic E-state index is 12.9. The molecule has 0 fully saturated rings. The molecule has 3 amide bonds. The molecule has 0 saturated heterocycles. The van der Waals surface area contributed by atoms with Crippen LogP contribution < -0.4 is 26.3 Å². The van der Waals surface area contributed by atoms with Gasteiger partial charge in [-0.1, -0.05) is 36.4 Å². The van der Waals surface area contributed by atoms with Gasteiger partial charge in [-0.25, -0.2) is 4.79 Å². The molecule has 3 N–H and O–H groups in total. The lowest BCUT2D eigenvalue weighted by atomic mass is 10.2. The Hall–Kier alpha value is -5.32. The fourth-order valence-corrected chi connectivity index (χ4v) is 4.36. The fourth-order valence-electron chi connectivity index (χ4n) is 4.36. The van der Waals surface area contributed by atoms with E-state index in [1.54, 1.807) is 32.9 Å². The Bertz CT molecular complexity index is 1610. The van der Waals surface area contributed by atoms with Crippen LogP contribution in [0.15, 0.2) is 77.6 Å². The lowest BCUT2D eigenvalue weighted by Crippen LogP contribution is -2.39. The number of alkyl carbamates (subject to hydrolysis) is 1. The normalized spacial score (nSPS) is 11.7. The van der Waals surface area contributed by atoms with Crippen molar-refractivity contribution in [1.82, 2.24) is 15.4 Å². The van der Waals surface area contributed by atoms with E-state index in [0.717, 1.165) is 10.3 Å². The standard InChI is InChI=1S/C35H45N5O11/c1-35(2,3)51-34(44)36-18-16-31(41)38-29(30-10-7-11-33(43)39(30)50-24-26-8-5-4-6-9-26)25-49-23-22-48-21-20-47-19-17-32(42)37-27-12-14-28(15-13-27)40(45)46/h4-15,29H,16-25H2,1-3H3,(H,36,44)(H,37,42)(H,38,41). The molecule has 1 aromatic heterocycles. The zero-order valence-electron chi connectivity index (χ0n) is 29.0. The first-order chi connectivity index (χ1) is 24.4. The van der Waals surface area contributed by atoms with Crippen molar-refractivity contribution in [3.63, 3.8) is 0 Å². The van der Waals surface area contributed by atoms with E-state index in [-0.39, 0.29) is 77.2 Å². The number of rotatable bonds is 21. The summed E-state index contributed by atoms with van der Waals surface area (Å²) in [4.78, 5) is 65.9. The highest BCUT2D eigenvalue weighted by atomic mass is 16.7. The predicted molar refractivity (Wildman–Crippen MR) is 186 cm³/mol. The highest BCUT2D eigenvalue weighted by Crippen LogP contribution is 2.16. The average Bonchev–Trinajstić information content (AvgIpc) is 3.07. The van der Waals surface area contributed by atoms with E-state index in [9.17, 15) is 29.3 Å². The van der Waals surface area contributed by atoms with E-state index in [4.69, 9.17) is 23.8 Å². The molecular formula is C35H45N5O11. The highest BCUT2D eigenvalue weighted by Gasteiger charge is 2.21. The average molecular weight is 712 g/mol. The number of pyridine rings is 1. The van der Waals surface area contributed by atoms with Crippen molar-refractivity contribution in [1.29, 1.82) is 0 Å². The first-order valence-corrected chi connectivity index (χ1v) is 16.3. The van der Waals surface area contributed by atoms with E-state index in [1.807, 2.05) is 30.3 Å². The monoisotopic (exact) mass is 711 g/mol. The summed E-state index contributed by atoms with van der Waals surface area (Å²) in [6.07, 6.45) is -0.611. The van der Waals surface area contributed by atoms with E-state index < -0.39 is 34.1 Å². The second-order valence-electron chi connectivity index (χ2n) is 12.0. The highest BCUT2D eigenvalue weighted by molar-refractivity contribution is 5.90. The summed E-state index contributed by atoms with van der Waals surface area (Å²) in [6, 6.07) is 18.6. The van der Waals surface area contributed by atoms with Crippen LogP contribution in [-0.2, 0) is 35.1 Å². The third-order valence-corrected chi connectivity index (χ3v) is 6.72. The number of amides is 3. The zero-order chi connectivity index (χ0) is 37.1. The van der Waals surface area contributed by atoms with Crippen LogP contribution in [0.5, 0.6) is 0 Å². The third-order valence-electron chi connectivity index (χ3n) is 6.72. The molecule has 1 heterocycles. The van der Waals surface area contributed by atoms with Crippen molar-refractivity contribution in [2.24, 2.45) is 0 Å². The molecule has 0 aliphatic carbocycles. The number of hydrogen-bond donors (Lipinski definition) is 3. The Labute approximate surface area is 295 Å². The molecular weight excluding hydrogens is 666 g/mol. The number of carbonyl (C=O) groups is 3. The number of aromatic nitrogens is 1. The number of nitrogens with one attached hydrogen (secondary N) is 3. The van der Waals surface area contributed by atoms with Gasteiger partial charge in [0.05, 0.1) is 62.7 Å². The Morgan fingerprint density at radius 1 is 0.824 bits per heavy atom. The quantitative estimate of drug-likeness (QED) is 0.0830. The van der Waals surface area contributed by atoms with E-state index in [1.165, 1.54) is 30.3 Å². The number of benzene rings is 2. The summed E-state index contributed by atoms with van der Waals surface area (Å²) < 4.78 is 23.1. The Morgan fingerprint density at radius 3 is 2.16 bits per heavy atom. The van der Waals surface area contributed by atoms with Crippen molar-refractivity contribution in [3.05, 3.63) is 105 Å². The van der Waals surface area contributed by atoms with E-state index in [0.29, 0.717) is 11.4 Å². The first kappa shape index (κ1) is 40.1. The minimum absolute atomic E-state index is 0.0207. The smallest absolute Gasteiger partial charge is 0.407 e. The molecule has 16 heteroatoms. The zero-order valence-corrected chi connectivity index (χ0v) is 29.0. The summed E-state index contributed by atoms with van der Waals surface area (Å²) in [6.45, 7) is 6.31. The van der Waals surface area contributed by atoms with Crippen molar-refractivity contribution >= 4 is 29.3 Å². The molecule has 3 rings (SSSR count). The summed E-state index contributed by atoms with van der Waals surface area (Å²) >= 11 is 0. The lowest BCUT2D eigenvalue weighted by molar-refractivity contribution is -0.384. The van der Waals surface area contributed by atoms with Gasteiger partial charge in [0.15, 0.2) is 0 Å². The molecule has 3 aromatic rings. The van der Waals surface area contributed by atoms with Gasteiger partial charge in [-0.3, -0.25) is 24.5 Å². The lowest BCUT2D eigenvalue weighted by Gasteiger charge is -2.23. The molecule has 2 aromatic carbocycles. The van der Waals surface area contributed by atoms with Gasteiger partial charge in [-0.2, -0.15) is 0 Å². The molecule has 51 heavy (non-hydrogen) atoms. The van der Waals surface area contributed by atoms with Crippen LogP contribution in [0.25, 0.3) is 0 Å². The van der Waals surface area contributed by atoms with E-state index in [2.05, 4.69) is 16.0 Å². The summed E-state index contributed by atoms with van der Waals surface area (Å²) in [5, 5.41) is 18.8. The van der Waals surface area contributed by atoms with Gasteiger partial charge in [0.1, 0.15) is 12.2 Å². The Balaban J connectivity index is 1.45. The van der Waals surface area contributed by atoms with Crippen LogP contribution in [0.2, 0.25) is 0 Å². The molecule has 1 atom stereocenters. The van der Waals surface area contributed by atoms with Crippen molar-refractivity contribution in [2.45, 2.75) is 51.9 Å². The minimum Gasteiger partial charge on any atom is -0.444 e. The van der Waals surface area contributed by atoms with Crippen LogP contribution in [0, 0.1) is 10.1 Å². The van der Waals surface area contributed by atoms with Gasteiger partial charge in [0, 0.05) is 36.9 Å². The van der Waals surface area contributed by atoms with Crippen molar-refractivity contribution in [3.8, 4) is 0 Å². The number of nitrogens with zero attached hydrogens (tertiary/aromatic N) is 2. The second-order valence-corrected chi connectivity index (χ2v) is 12.0. The van der Waals surface area contributed by atoms with Crippen LogP contribution in [0.4, 0.5) is 16.2 Å². The van der Waals surface area contributed by atoms with Gasteiger partial charge in [-0.05, 0) is 44.5 Å². The van der Waals surface area contributed by atoms with Crippen LogP contribution in [-0.4, -0.2) is 79.3 Å².